The van der Waals surface area contributed by atoms with E-state index in [2.05, 4.69) is 13.5 Å². The number of benzene rings is 1. The molecule has 0 bridgehead atoms. The highest BCUT2D eigenvalue weighted by Gasteiger charge is 2.14. The van der Waals surface area contributed by atoms with Crippen molar-refractivity contribution < 1.29 is 9.47 Å². The van der Waals surface area contributed by atoms with E-state index >= 15 is 0 Å². The summed E-state index contributed by atoms with van der Waals surface area (Å²) in [4.78, 5) is 0. The van der Waals surface area contributed by atoms with Gasteiger partial charge < -0.3 is 9.47 Å². The lowest BCUT2D eigenvalue weighted by atomic mass is 10.0. The van der Waals surface area contributed by atoms with Crippen molar-refractivity contribution in [2.75, 3.05) is 6.79 Å². The van der Waals surface area contributed by atoms with Crippen molar-refractivity contribution in [1.82, 2.24) is 0 Å². The second kappa shape index (κ2) is 3.13. The van der Waals surface area contributed by atoms with Gasteiger partial charge in [-0.15, -0.1) is 6.58 Å². The van der Waals surface area contributed by atoms with Crippen molar-refractivity contribution in [3.63, 3.8) is 0 Å². The van der Waals surface area contributed by atoms with Gasteiger partial charge in [-0.05, 0) is 23.6 Å². The number of hydrogen-bond donors (Lipinski definition) is 0. The van der Waals surface area contributed by atoms with Crippen LogP contribution in [0, 0.1) is 0 Å². The number of hydrogen-bond acceptors (Lipinski definition) is 2. The highest BCUT2D eigenvalue weighted by atomic mass is 16.7. The van der Waals surface area contributed by atoms with Crippen molar-refractivity contribution in [2.45, 2.75) is 12.8 Å². The molecule has 0 saturated carbocycles. The Balaban J connectivity index is 2.35. The lowest BCUT2D eigenvalue weighted by Gasteiger charge is -2.06. The Labute approximate surface area is 77.8 Å². The van der Waals surface area contributed by atoms with Crippen LogP contribution in [0.2, 0.25) is 0 Å². The van der Waals surface area contributed by atoms with Crippen molar-refractivity contribution in [3.8, 4) is 11.5 Å². The van der Waals surface area contributed by atoms with Gasteiger partial charge in [-0.25, -0.2) is 0 Å². The molecule has 1 heterocycles. The van der Waals surface area contributed by atoms with Crippen LogP contribution in [0.15, 0.2) is 30.9 Å². The average molecular weight is 176 g/mol. The number of ether oxygens (including phenoxy) is 2. The SMILES string of the molecule is C=CC(C)c1ccc2c(c1)OCO2. The summed E-state index contributed by atoms with van der Waals surface area (Å²) in [7, 11) is 0. The highest BCUT2D eigenvalue weighted by Crippen LogP contribution is 2.34. The molecule has 1 aromatic rings. The first-order chi connectivity index (χ1) is 6.31. The van der Waals surface area contributed by atoms with E-state index in [0.29, 0.717) is 12.7 Å². The molecule has 0 N–H and O–H groups in total. The molecule has 0 aromatic heterocycles. The molecule has 2 nitrogen and oxygen atoms in total. The van der Waals surface area contributed by atoms with E-state index < -0.39 is 0 Å². The largest absolute Gasteiger partial charge is 0.454 e. The van der Waals surface area contributed by atoms with Crippen molar-refractivity contribution in [2.24, 2.45) is 0 Å². The molecule has 1 aliphatic heterocycles. The fraction of sp³-hybridized carbons (Fsp3) is 0.273. The Morgan fingerprint density at radius 2 is 2.15 bits per heavy atom. The Morgan fingerprint density at radius 1 is 1.38 bits per heavy atom. The van der Waals surface area contributed by atoms with Crippen LogP contribution in [0.3, 0.4) is 0 Å². The van der Waals surface area contributed by atoms with Gasteiger partial charge in [0.25, 0.3) is 0 Å². The van der Waals surface area contributed by atoms with Crippen LogP contribution in [-0.2, 0) is 0 Å². The second-order valence-corrected chi connectivity index (χ2v) is 3.14. The molecule has 1 aliphatic rings. The molecule has 0 spiro atoms. The summed E-state index contributed by atoms with van der Waals surface area (Å²) in [5, 5.41) is 0. The molecule has 2 heteroatoms. The summed E-state index contributed by atoms with van der Waals surface area (Å²) in [5.41, 5.74) is 1.21. The Bertz CT molecular complexity index is 331. The predicted molar refractivity (Wildman–Crippen MR) is 51.2 cm³/mol. The van der Waals surface area contributed by atoms with Crippen LogP contribution in [0.25, 0.3) is 0 Å². The first-order valence-corrected chi connectivity index (χ1v) is 4.33. The quantitative estimate of drug-likeness (QED) is 0.645. The first kappa shape index (κ1) is 8.17. The minimum absolute atomic E-state index is 0.335. The Morgan fingerprint density at radius 3 is 2.92 bits per heavy atom. The van der Waals surface area contributed by atoms with E-state index in [-0.39, 0.29) is 0 Å². The van der Waals surface area contributed by atoms with Crippen LogP contribution in [-0.4, -0.2) is 6.79 Å². The molecule has 0 aliphatic carbocycles. The molecule has 0 amide bonds. The fourth-order valence-corrected chi connectivity index (χ4v) is 1.33. The third-order valence-electron chi connectivity index (χ3n) is 2.28. The molecule has 1 aromatic carbocycles. The van der Waals surface area contributed by atoms with Gasteiger partial charge >= 0.3 is 0 Å². The van der Waals surface area contributed by atoms with E-state index in [9.17, 15) is 0 Å². The number of allylic oxidation sites excluding steroid dienone is 1. The van der Waals surface area contributed by atoms with Crippen molar-refractivity contribution in [1.29, 1.82) is 0 Å². The molecular weight excluding hydrogens is 164 g/mol. The van der Waals surface area contributed by atoms with Crippen molar-refractivity contribution >= 4 is 0 Å². The van der Waals surface area contributed by atoms with Gasteiger partial charge in [-0.3, -0.25) is 0 Å². The summed E-state index contributed by atoms with van der Waals surface area (Å²) in [6.45, 7) is 6.19. The van der Waals surface area contributed by atoms with E-state index in [1.54, 1.807) is 0 Å². The maximum atomic E-state index is 5.28. The molecule has 13 heavy (non-hydrogen) atoms. The van der Waals surface area contributed by atoms with E-state index in [1.165, 1.54) is 5.56 Å². The van der Waals surface area contributed by atoms with Crippen LogP contribution in [0.4, 0.5) is 0 Å². The topological polar surface area (TPSA) is 18.5 Å². The normalized spacial score (nSPS) is 15.5. The fourth-order valence-electron chi connectivity index (χ4n) is 1.33. The number of rotatable bonds is 2. The van der Waals surface area contributed by atoms with Gasteiger partial charge in [-0.1, -0.05) is 19.1 Å². The Hall–Kier alpha value is -1.44. The Kier molecular flexibility index (Phi) is 1.97. The molecular formula is C11H12O2. The van der Waals surface area contributed by atoms with Gasteiger partial charge in [0.1, 0.15) is 0 Å². The number of fused-ring (bicyclic) bond motifs is 1. The maximum absolute atomic E-state index is 5.28. The summed E-state index contributed by atoms with van der Waals surface area (Å²) in [6.07, 6.45) is 1.91. The maximum Gasteiger partial charge on any atom is 0.231 e. The zero-order valence-corrected chi connectivity index (χ0v) is 7.62. The summed E-state index contributed by atoms with van der Waals surface area (Å²) < 4.78 is 10.5. The van der Waals surface area contributed by atoms with Crippen LogP contribution >= 0.6 is 0 Å². The van der Waals surface area contributed by atoms with Crippen molar-refractivity contribution in [3.05, 3.63) is 36.4 Å². The molecule has 2 rings (SSSR count). The third kappa shape index (κ3) is 1.39. The molecule has 1 atom stereocenters. The minimum atomic E-state index is 0.335. The average Bonchev–Trinajstić information content (AvgIpc) is 2.63. The van der Waals surface area contributed by atoms with Gasteiger partial charge in [-0.2, -0.15) is 0 Å². The van der Waals surface area contributed by atoms with Crippen LogP contribution < -0.4 is 9.47 Å². The molecule has 68 valence electrons. The predicted octanol–water partition coefficient (Wildman–Crippen LogP) is 2.70. The molecule has 0 fully saturated rings. The summed E-state index contributed by atoms with van der Waals surface area (Å²) in [5.74, 6) is 2.03. The zero-order valence-electron chi connectivity index (χ0n) is 7.62. The highest BCUT2D eigenvalue weighted by molar-refractivity contribution is 5.45. The van der Waals surface area contributed by atoms with E-state index in [1.807, 2.05) is 24.3 Å². The van der Waals surface area contributed by atoms with Gasteiger partial charge in [0.2, 0.25) is 6.79 Å². The lowest BCUT2D eigenvalue weighted by molar-refractivity contribution is 0.174. The third-order valence-corrected chi connectivity index (χ3v) is 2.28. The van der Waals surface area contributed by atoms with E-state index in [0.717, 1.165) is 11.5 Å². The van der Waals surface area contributed by atoms with Crippen LogP contribution in [0.1, 0.15) is 18.4 Å². The molecule has 0 saturated heterocycles. The van der Waals surface area contributed by atoms with Crippen LogP contribution in [0.5, 0.6) is 11.5 Å². The summed E-state index contributed by atoms with van der Waals surface area (Å²) >= 11 is 0. The molecule has 0 radical (unpaired) electrons. The second-order valence-electron chi connectivity index (χ2n) is 3.14. The standard InChI is InChI=1S/C11H12O2/c1-3-8(2)9-4-5-10-11(6-9)13-7-12-10/h3-6,8H,1,7H2,2H3. The smallest absolute Gasteiger partial charge is 0.231 e. The van der Waals surface area contributed by atoms with Gasteiger partial charge in [0, 0.05) is 0 Å². The van der Waals surface area contributed by atoms with E-state index in [4.69, 9.17) is 9.47 Å². The zero-order chi connectivity index (χ0) is 9.26. The van der Waals surface area contributed by atoms with Gasteiger partial charge in [0.05, 0.1) is 0 Å². The van der Waals surface area contributed by atoms with Gasteiger partial charge in [0.15, 0.2) is 11.5 Å². The monoisotopic (exact) mass is 176 g/mol. The first-order valence-electron chi connectivity index (χ1n) is 4.33. The lowest BCUT2D eigenvalue weighted by Crippen LogP contribution is -1.93. The molecule has 1 unspecified atom stereocenters. The summed E-state index contributed by atoms with van der Waals surface area (Å²) in [6, 6.07) is 5.99. The minimum Gasteiger partial charge on any atom is -0.454 e.